The van der Waals surface area contributed by atoms with Gasteiger partial charge in [0.2, 0.25) is 5.88 Å². The molecular weight excluding hydrogens is 222 g/mol. The van der Waals surface area contributed by atoms with Crippen molar-refractivity contribution in [1.29, 1.82) is 0 Å². The zero-order valence-electron chi connectivity index (χ0n) is 10.2. The number of rotatable bonds is 6. The maximum absolute atomic E-state index is 11.0. The fraction of sp³-hybridized carbons (Fsp3) is 0.545. The van der Waals surface area contributed by atoms with E-state index in [0.717, 1.165) is 0 Å². The van der Waals surface area contributed by atoms with Crippen LogP contribution in [-0.4, -0.2) is 33.7 Å². The summed E-state index contributed by atoms with van der Waals surface area (Å²) < 4.78 is 5.19. The molecule has 0 aliphatic carbocycles. The topological polar surface area (TPSA) is 84.3 Å². The summed E-state index contributed by atoms with van der Waals surface area (Å²) in [5.74, 6) is -0.184. The van der Waals surface area contributed by atoms with Crippen LogP contribution in [-0.2, 0) is 4.79 Å². The maximum Gasteiger partial charge on any atom is 0.326 e. The fourth-order valence-corrected chi connectivity index (χ4v) is 1.31. The molecule has 1 aromatic heterocycles. The number of carboxylic acids is 1. The highest BCUT2D eigenvalue weighted by Gasteiger charge is 2.21. The van der Waals surface area contributed by atoms with Gasteiger partial charge in [0.05, 0.1) is 19.0 Å². The third kappa shape index (κ3) is 3.90. The quantitative estimate of drug-likeness (QED) is 0.780. The lowest BCUT2D eigenvalue weighted by Crippen LogP contribution is -2.34. The number of nitrogens with one attached hydrogen (secondary N) is 1. The Balaban J connectivity index is 2.78. The second kappa shape index (κ2) is 6.03. The third-order valence-electron chi connectivity index (χ3n) is 2.14. The summed E-state index contributed by atoms with van der Waals surface area (Å²) in [5, 5.41) is 11.9. The van der Waals surface area contributed by atoms with Crippen molar-refractivity contribution in [2.24, 2.45) is 5.92 Å². The van der Waals surface area contributed by atoms with Crippen molar-refractivity contribution < 1.29 is 14.6 Å². The van der Waals surface area contributed by atoms with Crippen LogP contribution in [0, 0.1) is 5.92 Å². The van der Waals surface area contributed by atoms with Gasteiger partial charge in [-0.1, -0.05) is 13.8 Å². The predicted octanol–water partition coefficient (Wildman–Crippen LogP) is 1.40. The van der Waals surface area contributed by atoms with E-state index in [1.54, 1.807) is 0 Å². The van der Waals surface area contributed by atoms with Crippen molar-refractivity contribution in [3.05, 3.63) is 12.4 Å². The van der Waals surface area contributed by atoms with Crippen LogP contribution in [0.2, 0.25) is 0 Å². The van der Waals surface area contributed by atoms with E-state index in [2.05, 4.69) is 15.3 Å². The first-order valence-electron chi connectivity index (χ1n) is 5.48. The number of ether oxygens (including phenoxy) is 1. The van der Waals surface area contributed by atoms with Gasteiger partial charge in [0.25, 0.3) is 0 Å². The Bertz CT molecular complexity index is 382. The Morgan fingerprint density at radius 1 is 1.53 bits per heavy atom. The lowest BCUT2D eigenvalue weighted by Gasteiger charge is -2.18. The van der Waals surface area contributed by atoms with Crippen LogP contribution in [0.1, 0.15) is 20.8 Å². The molecule has 1 atom stereocenters. The van der Waals surface area contributed by atoms with Crippen LogP contribution in [0.5, 0.6) is 5.88 Å². The number of hydrogen-bond donors (Lipinski definition) is 2. The molecule has 0 aliphatic rings. The number of nitrogens with zero attached hydrogens (tertiary/aromatic N) is 2. The number of carbonyl (C=O) groups is 1. The number of aromatic nitrogens is 2. The van der Waals surface area contributed by atoms with Gasteiger partial charge in [-0.05, 0) is 12.8 Å². The van der Waals surface area contributed by atoms with Gasteiger partial charge in [-0.2, -0.15) is 4.98 Å². The van der Waals surface area contributed by atoms with Gasteiger partial charge in [-0.3, -0.25) is 4.98 Å². The Morgan fingerprint density at radius 2 is 2.24 bits per heavy atom. The molecule has 0 bridgehead atoms. The average Bonchev–Trinajstić information content (AvgIpc) is 2.26. The third-order valence-corrected chi connectivity index (χ3v) is 2.14. The number of hydrogen-bond acceptors (Lipinski definition) is 5. The summed E-state index contributed by atoms with van der Waals surface area (Å²) in [5.41, 5.74) is 0. The van der Waals surface area contributed by atoms with E-state index in [4.69, 9.17) is 9.84 Å². The molecule has 0 saturated heterocycles. The summed E-state index contributed by atoms with van der Waals surface area (Å²) in [6, 6.07) is -0.693. The van der Waals surface area contributed by atoms with Crippen molar-refractivity contribution in [3.8, 4) is 5.88 Å². The molecule has 1 aromatic rings. The summed E-state index contributed by atoms with van der Waals surface area (Å²) in [6.45, 7) is 5.98. The molecule has 6 nitrogen and oxygen atoms in total. The molecule has 1 unspecified atom stereocenters. The molecule has 1 rings (SSSR count). The van der Waals surface area contributed by atoms with E-state index >= 15 is 0 Å². The molecule has 0 aromatic carbocycles. The van der Waals surface area contributed by atoms with E-state index in [1.165, 1.54) is 12.4 Å². The zero-order valence-corrected chi connectivity index (χ0v) is 10.2. The normalized spacial score (nSPS) is 12.2. The second-order valence-electron chi connectivity index (χ2n) is 3.88. The minimum atomic E-state index is -0.913. The second-order valence-corrected chi connectivity index (χ2v) is 3.88. The molecule has 0 aliphatic heterocycles. The Kier molecular flexibility index (Phi) is 4.68. The van der Waals surface area contributed by atoms with Crippen LogP contribution in [0.15, 0.2) is 12.4 Å². The predicted molar refractivity (Wildman–Crippen MR) is 63.1 cm³/mol. The summed E-state index contributed by atoms with van der Waals surface area (Å²) in [6.07, 6.45) is 2.96. The summed E-state index contributed by atoms with van der Waals surface area (Å²) in [4.78, 5) is 19.1. The van der Waals surface area contributed by atoms with Crippen molar-refractivity contribution in [3.63, 3.8) is 0 Å². The van der Waals surface area contributed by atoms with Crippen molar-refractivity contribution in [1.82, 2.24) is 9.97 Å². The van der Waals surface area contributed by atoms with E-state index in [0.29, 0.717) is 18.3 Å². The van der Waals surface area contributed by atoms with E-state index in [-0.39, 0.29) is 5.92 Å². The molecule has 2 N–H and O–H groups in total. The van der Waals surface area contributed by atoms with Crippen LogP contribution < -0.4 is 10.1 Å². The largest absolute Gasteiger partial charge is 0.480 e. The minimum absolute atomic E-state index is 0.0509. The van der Waals surface area contributed by atoms with E-state index < -0.39 is 12.0 Å². The molecule has 17 heavy (non-hydrogen) atoms. The zero-order chi connectivity index (χ0) is 12.8. The highest BCUT2D eigenvalue weighted by molar-refractivity contribution is 5.77. The fourth-order valence-electron chi connectivity index (χ4n) is 1.31. The van der Waals surface area contributed by atoms with Crippen LogP contribution in [0.4, 0.5) is 5.82 Å². The van der Waals surface area contributed by atoms with Gasteiger partial charge in [0, 0.05) is 0 Å². The molecule has 0 spiro atoms. The van der Waals surface area contributed by atoms with Gasteiger partial charge in [0.15, 0.2) is 0 Å². The van der Waals surface area contributed by atoms with Crippen LogP contribution in [0.3, 0.4) is 0 Å². The highest BCUT2D eigenvalue weighted by atomic mass is 16.5. The first-order valence-corrected chi connectivity index (χ1v) is 5.48. The van der Waals surface area contributed by atoms with Crippen molar-refractivity contribution in [2.45, 2.75) is 26.8 Å². The Hall–Kier alpha value is -1.85. The lowest BCUT2D eigenvalue weighted by atomic mass is 10.1. The maximum atomic E-state index is 11.0. The molecule has 0 amide bonds. The molecule has 0 saturated carbocycles. The number of anilines is 1. The lowest BCUT2D eigenvalue weighted by molar-refractivity contribution is -0.138. The molecule has 1 heterocycles. The Morgan fingerprint density at radius 3 is 2.76 bits per heavy atom. The molecule has 94 valence electrons. The number of carboxylic acid groups (broad SMARTS) is 1. The van der Waals surface area contributed by atoms with E-state index in [9.17, 15) is 4.79 Å². The van der Waals surface area contributed by atoms with Gasteiger partial charge in [0.1, 0.15) is 11.9 Å². The first-order chi connectivity index (χ1) is 8.04. The van der Waals surface area contributed by atoms with Gasteiger partial charge in [-0.25, -0.2) is 4.79 Å². The van der Waals surface area contributed by atoms with Gasteiger partial charge >= 0.3 is 5.97 Å². The summed E-state index contributed by atoms with van der Waals surface area (Å²) in [7, 11) is 0. The van der Waals surface area contributed by atoms with Crippen LogP contribution >= 0.6 is 0 Å². The molecule has 6 heteroatoms. The monoisotopic (exact) mass is 239 g/mol. The molecule has 0 fully saturated rings. The van der Waals surface area contributed by atoms with Gasteiger partial charge < -0.3 is 15.2 Å². The van der Waals surface area contributed by atoms with Crippen molar-refractivity contribution >= 4 is 11.8 Å². The standard InChI is InChI=1S/C11H17N3O3/c1-4-17-9-6-12-5-8(13-9)14-10(7(2)3)11(15)16/h5-7,10H,4H2,1-3H3,(H,13,14)(H,15,16). The minimum Gasteiger partial charge on any atom is -0.480 e. The summed E-state index contributed by atoms with van der Waals surface area (Å²) >= 11 is 0. The molecule has 0 radical (unpaired) electrons. The van der Waals surface area contributed by atoms with Crippen molar-refractivity contribution in [2.75, 3.05) is 11.9 Å². The first kappa shape index (κ1) is 13.2. The SMILES string of the molecule is CCOc1cncc(NC(C(=O)O)C(C)C)n1. The molecular formula is C11H17N3O3. The number of aliphatic carboxylic acids is 1. The average molecular weight is 239 g/mol. The van der Waals surface area contributed by atoms with Gasteiger partial charge in [-0.15, -0.1) is 0 Å². The van der Waals surface area contributed by atoms with E-state index in [1.807, 2.05) is 20.8 Å². The van der Waals surface area contributed by atoms with Crippen LogP contribution in [0.25, 0.3) is 0 Å². The Labute approximate surface area is 100 Å². The highest BCUT2D eigenvalue weighted by Crippen LogP contribution is 2.13. The smallest absolute Gasteiger partial charge is 0.326 e.